The van der Waals surface area contributed by atoms with Crippen molar-refractivity contribution in [1.29, 1.82) is 0 Å². The van der Waals surface area contributed by atoms with Crippen molar-refractivity contribution in [3.05, 3.63) is 70.3 Å². The monoisotopic (exact) mass is 285 g/mol. The molecular weight excluding hydrogens is 273 g/mol. The second-order valence-electron chi connectivity index (χ2n) is 4.64. The van der Waals surface area contributed by atoms with E-state index in [1.807, 2.05) is 0 Å². The molecule has 0 bridgehead atoms. The summed E-state index contributed by atoms with van der Waals surface area (Å²) in [5.41, 5.74) is 1.16. The molecule has 0 spiro atoms. The summed E-state index contributed by atoms with van der Waals surface area (Å²) in [6, 6.07) is 12.0. The standard InChI is InChI=1S/C16H12FNO3/c17-11-2-1-3-12(7-11)18-9-10-6-16(20)21-15-8-13(19)4-5-14(10)15/h1-8,18-19H,9H2. The first-order valence-electron chi connectivity index (χ1n) is 6.37. The van der Waals surface area contributed by atoms with Crippen LogP contribution in [0.25, 0.3) is 11.0 Å². The fraction of sp³-hybridized carbons (Fsp3) is 0.0625. The van der Waals surface area contributed by atoms with E-state index >= 15 is 0 Å². The lowest BCUT2D eigenvalue weighted by Crippen LogP contribution is -2.05. The Morgan fingerprint density at radius 2 is 2.00 bits per heavy atom. The number of anilines is 1. The molecule has 2 aromatic carbocycles. The molecule has 0 saturated heterocycles. The minimum atomic E-state index is -0.496. The zero-order valence-corrected chi connectivity index (χ0v) is 11.0. The van der Waals surface area contributed by atoms with Gasteiger partial charge < -0.3 is 14.8 Å². The maximum atomic E-state index is 13.1. The molecule has 21 heavy (non-hydrogen) atoms. The number of phenols is 1. The van der Waals surface area contributed by atoms with Crippen molar-refractivity contribution < 1.29 is 13.9 Å². The van der Waals surface area contributed by atoms with Gasteiger partial charge in [0.2, 0.25) is 0 Å². The summed E-state index contributed by atoms with van der Waals surface area (Å²) in [7, 11) is 0. The van der Waals surface area contributed by atoms with Crippen LogP contribution in [0.4, 0.5) is 10.1 Å². The number of fused-ring (bicyclic) bond motifs is 1. The second kappa shape index (κ2) is 5.28. The highest BCUT2D eigenvalue weighted by Gasteiger charge is 2.06. The highest BCUT2D eigenvalue weighted by molar-refractivity contribution is 5.81. The molecule has 0 atom stereocenters. The van der Waals surface area contributed by atoms with Crippen LogP contribution >= 0.6 is 0 Å². The molecule has 0 amide bonds. The third-order valence-electron chi connectivity index (χ3n) is 3.12. The van der Waals surface area contributed by atoms with Crippen molar-refractivity contribution in [3.8, 4) is 5.75 Å². The average molecular weight is 285 g/mol. The molecule has 0 aliphatic rings. The van der Waals surface area contributed by atoms with Gasteiger partial charge in [-0.3, -0.25) is 0 Å². The Kier molecular flexibility index (Phi) is 3.31. The van der Waals surface area contributed by atoms with E-state index in [-0.39, 0.29) is 11.6 Å². The molecule has 0 radical (unpaired) electrons. The Labute approximate surface area is 119 Å². The zero-order valence-electron chi connectivity index (χ0n) is 11.0. The first kappa shape index (κ1) is 13.2. The van der Waals surface area contributed by atoms with Gasteiger partial charge in [0.05, 0.1) is 0 Å². The Morgan fingerprint density at radius 3 is 2.81 bits per heavy atom. The van der Waals surface area contributed by atoms with Crippen LogP contribution in [0.1, 0.15) is 5.56 Å². The zero-order chi connectivity index (χ0) is 14.8. The average Bonchev–Trinajstić information content (AvgIpc) is 2.44. The van der Waals surface area contributed by atoms with E-state index in [9.17, 15) is 14.3 Å². The Balaban J connectivity index is 1.95. The largest absolute Gasteiger partial charge is 0.508 e. The van der Waals surface area contributed by atoms with Gasteiger partial charge in [0.25, 0.3) is 0 Å². The van der Waals surface area contributed by atoms with E-state index in [0.717, 1.165) is 5.39 Å². The van der Waals surface area contributed by atoms with Crippen molar-refractivity contribution in [2.24, 2.45) is 0 Å². The Bertz CT molecular complexity index is 858. The van der Waals surface area contributed by atoms with Crippen LogP contribution in [0.15, 0.2) is 57.7 Å². The molecule has 0 aliphatic heterocycles. The van der Waals surface area contributed by atoms with Gasteiger partial charge in [-0.1, -0.05) is 6.07 Å². The van der Waals surface area contributed by atoms with Crippen LogP contribution in [0, 0.1) is 5.82 Å². The molecule has 3 aromatic rings. The molecule has 1 heterocycles. The third-order valence-corrected chi connectivity index (χ3v) is 3.12. The molecule has 0 saturated carbocycles. The van der Waals surface area contributed by atoms with Crippen molar-refractivity contribution >= 4 is 16.7 Å². The van der Waals surface area contributed by atoms with Crippen LogP contribution in [-0.2, 0) is 6.54 Å². The maximum absolute atomic E-state index is 13.1. The number of nitrogens with one attached hydrogen (secondary N) is 1. The summed E-state index contributed by atoms with van der Waals surface area (Å²) in [6.07, 6.45) is 0. The molecule has 1 aromatic heterocycles. The predicted molar refractivity (Wildman–Crippen MR) is 77.9 cm³/mol. The van der Waals surface area contributed by atoms with E-state index in [2.05, 4.69) is 5.32 Å². The SMILES string of the molecule is O=c1cc(CNc2cccc(F)c2)c2ccc(O)cc2o1. The summed E-state index contributed by atoms with van der Waals surface area (Å²) in [5.74, 6) is -0.303. The van der Waals surface area contributed by atoms with Crippen molar-refractivity contribution in [2.45, 2.75) is 6.54 Å². The van der Waals surface area contributed by atoms with Gasteiger partial charge in [-0.25, -0.2) is 9.18 Å². The first-order valence-corrected chi connectivity index (χ1v) is 6.37. The van der Waals surface area contributed by atoms with Crippen molar-refractivity contribution in [3.63, 3.8) is 0 Å². The smallest absolute Gasteiger partial charge is 0.336 e. The fourth-order valence-corrected chi connectivity index (χ4v) is 2.16. The molecule has 106 valence electrons. The van der Waals surface area contributed by atoms with Gasteiger partial charge in [0.15, 0.2) is 0 Å². The van der Waals surface area contributed by atoms with Crippen LogP contribution in [0.3, 0.4) is 0 Å². The summed E-state index contributed by atoms with van der Waals surface area (Å²) in [5, 5.41) is 13.2. The van der Waals surface area contributed by atoms with Gasteiger partial charge in [-0.05, 0) is 35.9 Å². The topological polar surface area (TPSA) is 62.5 Å². The number of benzene rings is 2. The third kappa shape index (κ3) is 2.86. The van der Waals surface area contributed by atoms with Crippen LogP contribution in [0.2, 0.25) is 0 Å². The molecule has 0 unspecified atom stereocenters. The van der Waals surface area contributed by atoms with E-state index in [0.29, 0.717) is 23.4 Å². The van der Waals surface area contributed by atoms with E-state index < -0.39 is 5.63 Å². The molecule has 2 N–H and O–H groups in total. The van der Waals surface area contributed by atoms with E-state index in [4.69, 9.17) is 4.42 Å². The number of hydrogen-bond acceptors (Lipinski definition) is 4. The fourth-order valence-electron chi connectivity index (χ4n) is 2.16. The van der Waals surface area contributed by atoms with Crippen molar-refractivity contribution in [1.82, 2.24) is 0 Å². The second-order valence-corrected chi connectivity index (χ2v) is 4.64. The molecule has 0 aliphatic carbocycles. The van der Waals surface area contributed by atoms with Gasteiger partial charge in [-0.2, -0.15) is 0 Å². The predicted octanol–water partition coefficient (Wildman–Crippen LogP) is 3.25. The molecule has 0 fully saturated rings. The maximum Gasteiger partial charge on any atom is 0.336 e. The number of phenolic OH excluding ortho intramolecular Hbond substituents is 1. The molecule has 4 nitrogen and oxygen atoms in total. The lowest BCUT2D eigenvalue weighted by Gasteiger charge is -2.08. The Morgan fingerprint density at radius 1 is 1.14 bits per heavy atom. The number of aromatic hydroxyl groups is 1. The van der Waals surface area contributed by atoms with Gasteiger partial charge in [0, 0.05) is 29.8 Å². The quantitative estimate of drug-likeness (QED) is 0.725. The lowest BCUT2D eigenvalue weighted by atomic mass is 10.1. The first-order chi connectivity index (χ1) is 10.1. The summed E-state index contributed by atoms with van der Waals surface area (Å²) >= 11 is 0. The van der Waals surface area contributed by atoms with Gasteiger partial charge in [0.1, 0.15) is 17.1 Å². The summed E-state index contributed by atoms with van der Waals surface area (Å²) in [6.45, 7) is 0.344. The summed E-state index contributed by atoms with van der Waals surface area (Å²) < 4.78 is 18.2. The Hall–Kier alpha value is -2.82. The van der Waals surface area contributed by atoms with E-state index in [1.54, 1.807) is 18.2 Å². The van der Waals surface area contributed by atoms with Crippen LogP contribution < -0.4 is 10.9 Å². The van der Waals surface area contributed by atoms with E-state index in [1.165, 1.54) is 30.3 Å². The summed E-state index contributed by atoms with van der Waals surface area (Å²) in [4.78, 5) is 11.5. The minimum absolute atomic E-state index is 0.0286. The molecule has 3 rings (SSSR count). The van der Waals surface area contributed by atoms with Gasteiger partial charge >= 0.3 is 5.63 Å². The minimum Gasteiger partial charge on any atom is -0.508 e. The van der Waals surface area contributed by atoms with Crippen LogP contribution in [0.5, 0.6) is 5.75 Å². The van der Waals surface area contributed by atoms with Crippen LogP contribution in [-0.4, -0.2) is 5.11 Å². The highest BCUT2D eigenvalue weighted by Crippen LogP contribution is 2.22. The lowest BCUT2D eigenvalue weighted by molar-refractivity contribution is 0.473. The number of rotatable bonds is 3. The number of hydrogen-bond donors (Lipinski definition) is 2. The molecular formula is C16H12FNO3. The van der Waals surface area contributed by atoms with Gasteiger partial charge in [-0.15, -0.1) is 0 Å². The molecule has 5 heteroatoms. The normalized spacial score (nSPS) is 10.7. The van der Waals surface area contributed by atoms with Crippen molar-refractivity contribution in [2.75, 3.05) is 5.32 Å². The number of halogens is 1. The highest BCUT2D eigenvalue weighted by atomic mass is 19.1.